The third kappa shape index (κ3) is 2.06. The van der Waals surface area contributed by atoms with E-state index in [1.54, 1.807) is 16.5 Å². The topological polar surface area (TPSA) is 42.3 Å². The fraction of sp³-hybridized carbons (Fsp3) is 0.158. The Hall–Kier alpha value is -2.88. The highest BCUT2D eigenvalue weighted by atomic mass is 16.2. The van der Waals surface area contributed by atoms with Crippen molar-refractivity contribution in [1.82, 2.24) is 4.57 Å². The van der Waals surface area contributed by atoms with E-state index in [0.717, 1.165) is 23.0 Å². The molecule has 2 aromatic carbocycles. The molecule has 0 fully saturated rings. The molecule has 3 aromatic rings. The summed E-state index contributed by atoms with van der Waals surface area (Å²) >= 11 is 0. The van der Waals surface area contributed by atoms with Crippen molar-refractivity contribution in [2.45, 2.75) is 6.42 Å². The van der Waals surface area contributed by atoms with Crippen LogP contribution < -0.4 is 10.5 Å². The number of amides is 1. The molecule has 0 spiro atoms. The van der Waals surface area contributed by atoms with Crippen LogP contribution in [0.4, 0.5) is 5.69 Å². The zero-order chi connectivity index (χ0) is 16.0. The highest BCUT2D eigenvalue weighted by Crippen LogP contribution is 2.30. The number of anilines is 1. The van der Waals surface area contributed by atoms with Crippen LogP contribution in [0, 0.1) is 0 Å². The lowest BCUT2D eigenvalue weighted by molar-refractivity contribution is 0.0991. The van der Waals surface area contributed by atoms with Gasteiger partial charge in [-0.25, -0.2) is 0 Å². The normalized spacial score (nSPS) is 13.3. The summed E-state index contributed by atoms with van der Waals surface area (Å²) in [5.74, 6) is -0.108. The van der Waals surface area contributed by atoms with Crippen LogP contribution >= 0.6 is 0 Å². The lowest BCUT2D eigenvalue weighted by Gasteiger charge is -2.19. The summed E-state index contributed by atoms with van der Waals surface area (Å²) in [6.07, 6.45) is 0.852. The van der Waals surface area contributed by atoms with E-state index >= 15 is 0 Å². The second-order valence-corrected chi connectivity index (χ2v) is 5.81. The molecule has 1 aliphatic rings. The largest absolute Gasteiger partial charge is 0.311 e. The maximum Gasteiger partial charge on any atom is 0.259 e. The number of carbonyl (C=O) groups is 1. The van der Waals surface area contributed by atoms with Gasteiger partial charge < -0.3 is 9.47 Å². The van der Waals surface area contributed by atoms with Gasteiger partial charge in [0.15, 0.2) is 0 Å². The van der Waals surface area contributed by atoms with E-state index < -0.39 is 0 Å². The molecule has 0 unspecified atom stereocenters. The first-order chi connectivity index (χ1) is 11.2. The van der Waals surface area contributed by atoms with E-state index in [1.165, 1.54) is 11.6 Å². The van der Waals surface area contributed by atoms with Gasteiger partial charge in [-0.05, 0) is 24.1 Å². The van der Waals surface area contributed by atoms with E-state index in [2.05, 4.69) is 0 Å². The highest BCUT2D eigenvalue weighted by Gasteiger charge is 2.26. The second kappa shape index (κ2) is 5.09. The molecule has 0 bridgehead atoms. The fourth-order valence-corrected chi connectivity index (χ4v) is 3.28. The first-order valence-electron chi connectivity index (χ1n) is 7.65. The quantitative estimate of drug-likeness (QED) is 0.694. The molecule has 0 N–H and O–H groups in total. The molecule has 114 valence electrons. The molecule has 0 saturated carbocycles. The first kappa shape index (κ1) is 13.8. The average Bonchev–Trinajstić information content (AvgIpc) is 3.01. The molecule has 4 heteroatoms. The third-order valence-corrected chi connectivity index (χ3v) is 4.52. The smallest absolute Gasteiger partial charge is 0.259 e. The number of hydrogen-bond acceptors (Lipinski definition) is 2. The van der Waals surface area contributed by atoms with Crippen molar-refractivity contribution in [2.24, 2.45) is 7.05 Å². The lowest BCUT2D eigenvalue weighted by Crippen LogP contribution is -2.31. The Bertz CT molecular complexity index is 988. The molecule has 1 aliphatic heterocycles. The van der Waals surface area contributed by atoms with Gasteiger partial charge in [-0.15, -0.1) is 0 Å². The Morgan fingerprint density at radius 2 is 1.78 bits per heavy atom. The Labute approximate surface area is 133 Å². The maximum atomic E-state index is 13.1. The van der Waals surface area contributed by atoms with E-state index in [0.29, 0.717) is 12.1 Å². The summed E-state index contributed by atoms with van der Waals surface area (Å²) in [5, 5.41) is 0.809. The summed E-state index contributed by atoms with van der Waals surface area (Å²) in [6.45, 7) is 0.654. The summed E-state index contributed by atoms with van der Waals surface area (Å²) in [6, 6.07) is 16.9. The zero-order valence-electron chi connectivity index (χ0n) is 12.8. The number of aromatic nitrogens is 1. The molecule has 1 amide bonds. The van der Waals surface area contributed by atoms with Crippen molar-refractivity contribution in [3.63, 3.8) is 0 Å². The van der Waals surface area contributed by atoms with Gasteiger partial charge in [0.1, 0.15) is 0 Å². The highest BCUT2D eigenvalue weighted by molar-refractivity contribution is 6.14. The molecule has 4 rings (SSSR count). The first-order valence-corrected chi connectivity index (χ1v) is 7.65. The monoisotopic (exact) mass is 304 g/mol. The number of nitrogens with zero attached hydrogens (tertiary/aromatic N) is 2. The number of fused-ring (bicyclic) bond motifs is 2. The van der Waals surface area contributed by atoms with Crippen molar-refractivity contribution >= 4 is 22.5 Å². The minimum Gasteiger partial charge on any atom is -0.311 e. The van der Waals surface area contributed by atoms with Crippen molar-refractivity contribution in [1.29, 1.82) is 0 Å². The number of benzene rings is 2. The van der Waals surface area contributed by atoms with Crippen LogP contribution in [0.5, 0.6) is 0 Å². The van der Waals surface area contributed by atoms with Crippen molar-refractivity contribution in [3.8, 4) is 0 Å². The molecule has 0 aliphatic carbocycles. The Morgan fingerprint density at radius 1 is 1.04 bits per heavy atom. The van der Waals surface area contributed by atoms with E-state index in [9.17, 15) is 9.59 Å². The van der Waals surface area contributed by atoms with Crippen molar-refractivity contribution in [3.05, 3.63) is 76.1 Å². The summed E-state index contributed by atoms with van der Waals surface area (Å²) in [5.41, 5.74) is 3.20. The lowest BCUT2D eigenvalue weighted by atomic mass is 10.1. The van der Waals surface area contributed by atoms with Gasteiger partial charge in [0.05, 0.1) is 11.1 Å². The molecule has 0 atom stereocenters. The van der Waals surface area contributed by atoms with Gasteiger partial charge in [0, 0.05) is 30.7 Å². The molecule has 1 aromatic heterocycles. The summed E-state index contributed by atoms with van der Waals surface area (Å²) in [4.78, 5) is 27.1. The van der Waals surface area contributed by atoms with Crippen LogP contribution in [-0.4, -0.2) is 17.0 Å². The Morgan fingerprint density at radius 3 is 2.65 bits per heavy atom. The number of rotatable bonds is 1. The van der Waals surface area contributed by atoms with Crippen LogP contribution in [0.25, 0.3) is 10.9 Å². The zero-order valence-corrected chi connectivity index (χ0v) is 12.8. The molecule has 2 heterocycles. The summed E-state index contributed by atoms with van der Waals surface area (Å²) in [7, 11) is 1.73. The number of pyridine rings is 1. The van der Waals surface area contributed by atoms with Gasteiger partial charge in [-0.3, -0.25) is 9.59 Å². The minimum atomic E-state index is -0.167. The van der Waals surface area contributed by atoms with Crippen LogP contribution in [0.3, 0.4) is 0 Å². The molecule has 0 saturated heterocycles. The van der Waals surface area contributed by atoms with Gasteiger partial charge in [-0.1, -0.05) is 36.4 Å². The second-order valence-electron chi connectivity index (χ2n) is 5.81. The number of aryl methyl sites for hydroxylation is 1. The number of para-hydroxylation sites is 2. The average molecular weight is 304 g/mol. The SMILES string of the molecule is Cn1c(=O)cc(C(=O)N2CCc3ccccc32)c2ccccc21. The predicted molar refractivity (Wildman–Crippen MR) is 91.0 cm³/mol. The van der Waals surface area contributed by atoms with Crippen LogP contribution in [0.15, 0.2) is 59.4 Å². The van der Waals surface area contributed by atoms with Gasteiger partial charge in [0.25, 0.3) is 11.5 Å². The van der Waals surface area contributed by atoms with Gasteiger partial charge in [-0.2, -0.15) is 0 Å². The standard InChI is InChI=1S/C19H16N2O2/c1-20-17-9-5-3-7-14(17)15(12-18(20)22)19(23)21-11-10-13-6-2-4-8-16(13)21/h2-9,12H,10-11H2,1H3. The molecule has 0 radical (unpaired) electrons. The van der Waals surface area contributed by atoms with Crippen molar-refractivity contribution < 1.29 is 4.79 Å². The maximum absolute atomic E-state index is 13.1. The van der Waals surface area contributed by atoms with E-state index in [4.69, 9.17) is 0 Å². The van der Waals surface area contributed by atoms with E-state index in [-0.39, 0.29) is 11.5 Å². The number of hydrogen-bond donors (Lipinski definition) is 0. The number of carbonyl (C=O) groups excluding carboxylic acids is 1. The minimum absolute atomic E-state index is 0.108. The van der Waals surface area contributed by atoms with Gasteiger partial charge in [0.2, 0.25) is 0 Å². The van der Waals surface area contributed by atoms with Crippen LogP contribution in [0.2, 0.25) is 0 Å². The van der Waals surface area contributed by atoms with E-state index in [1.807, 2.05) is 48.5 Å². The summed E-state index contributed by atoms with van der Waals surface area (Å²) < 4.78 is 1.57. The third-order valence-electron chi connectivity index (χ3n) is 4.52. The van der Waals surface area contributed by atoms with Crippen molar-refractivity contribution in [2.75, 3.05) is 11.4 Å². The molecular weight excluding hydrogens is 288 g/mol. The van der Waals surface area contributed by atoms with Crippen LogP contribution in [0.1, 0.15) is 15.9 Å². The van der Waals surface area contributed by atoms with Gasteiger partial charge >= 0.3 is 0 Å². The predicted octanol–water partition coefficient (Wildman–Crippen LogP) is 2.74. The molecule has 23 heavy (non-hydrogen) atoms. The molecule has 4 nitrogen and oxygen atoms in total. The fourth-order valence-electron chi connectivity index (χ4n) is 3.28. The van der Waals surface area contributed by atoms with Crippen LogP contribution in [-0.2, 0) is 13.5 Å². The Kier molecular flexibility index (Phi) is 3.05. The molecular formula is C19H16N2O2. The Balaban J connectivity index is 1.89.